The molecule has 0 spiro atoms. The first-order valence-corrected chi connectivity index (χ1v) is 5.98. The lowest BCUT2D eigenvalue weighted by molar-refractivity contribution is 0.681. The molecule has 0 bridgehead atoms. The second-order valence-electron chi connectivity index (χ2n) is 3.73. The van der Waals surface area contributed by atoms with Crippen LogP contribution in [0, 0.1) is 17.4 Å². The van der Waals surface area contributed by atoms with Crippen molar-refractivity contribution < 1.29 is 0 Å². The maximum Gasteiger partial charge on any atom is 0.0664 e. The Morgan fingerprint density at radius 3 is 2.47 bits per heavy atom. The lowest BCUT2D eigenvalue weighted by Crippen LogP contribution is -2.03. The lowest BCUT2D eigenvalue weighted by Gasteiger charge is -2.09. The molecule has 2 aromatic rings. The zero-order valence-electron chi connectivity index (χ0n) is 8.87. The predicted octanol–water partition coefficient (Wildman–Crippen LogP) is 3.15. The molecule has 0 saturated carbocycles. The zero-order valence-corrected chi connectivity index (χ0v) is 11.0. The third-order valence-electron chi connectivity index (χ3n) is 2.57. The van der Waals surface area contributed by atoms with Crippen molar-refractivity contribution in [1.82, 2.24) is 9.78 Å². The summed E-state index contributed by atoms with van der Waals surface area (Å²) in [6.07, 6.45) is 3.95. The second-order valence-corrected chi connectivity index (χ2v) is 4.97. The highest BCUT2D eigenvalue weighted by molar-refractivity contribution is 14.1. The molecule has 0 radical (unpaired) electrons. The minimum absolute atomic E-state index is 0.863. The molecule has 1 aromatic carbocycles. The number of nitrogens with zero attached hydrogens (tertiary/aromatic N) is 2. The number of aromatic nitrogens is 2. The molecule has 15 heavy (non-hydrogen) atoms. The van der Waals surface area contributed by atoms with Crippen LogP contribution in [0.25, 0.3) is 0 Å². The first-order chi connectivity index (χ1) is 7.16. The van der Waals surface area contributed by atoms with Crippen LogP contribution >= 0.6 is 22.6 Å². The summed E-state index contributed by atoms with van der Waals surface area (Å²) in [6, 6.07) is 6.40. The number of hydrogen-bond donors (Lipinski definition) is 0. The Morgan fingerprint density at radius 1 is 1.27 bits per heavy atom. The Labute approximate surface area is 103 Å². The highest BCUT2D eigenvalue weighted by Crippen LogP contribution is 2.15. The van der Waals surface area contributed by atoms with Crippen molar-refractivity contribution in [3.63, 3.8) is 0 Å². The van der Waals surface area contributed by atoms with E-state index in [9.17, 15) is 0 Å². The molecular weight excluding hydrogens is 299 g/mol. The van der Waals surface area contributed by atoms with Gasteiger partial charge >= 0.3 is 0 Å². The molecular formula is C12H13IN2. The van der Waals surface area contributed by atoms with E-state index in [1.165, 1.54) is 20.3 Å². The van der Waals surface area contributed by atoms with Gasteiger partial charge in [0.25, 0.3) is 0 Å². The lowest BCUT2D eigenvalue weighted by atomic mass is 10.0. The number of benzene rings is 1. The van der Waals surface area contributed by atoms with Gasteiger partial charge in [0.1, 0.15) is 0 Å². The largest absolute Gasteiger partial charge is 0.267 e. The quantitative estimate of drug-likeness (QED) is 0.779. The average molecular weight is 312 g/mol. The van der Waals surface area contributed by atoms with Crippen LogP contribution in [-0.2, 0) is 6.54 Å². The van der Waals surface area contributed by atoms with Gasteiger partial charge in [0.05, 0.1) is 16.3 Å². The zero-order chi connectivity index (χ0) is 10.8. The summed E-state index contributed by atoms with van der Waals surface area (Å²) >= 11 is 2.28. The fourth-order valence-electron chi connectivity index (χ4n) is 1.69. The van der Waals surface area contributed by atoms with Crippen molar-refractivity contribution >= 4 is 22.6 Å². The highest BCUT2D eigenvalue weighted by Gasteiger charge is 2.03. The van der Waals surface area contributed by atoms with Crippen molar-refractivity contribution in [3.05, 3.63) is 50.9 Å². The third-order valence-corrected chi connectivity index (χ3v) is 3.12. The molecule has 0 atom stereocenters. The molecule has 0 fully saturated rings. The Bertz CT molecular complexity index is 454. The van der Waals surface area contributed by atoms with Crippen LogP contribution in [0.5, 0.6) is 0 Å². The monoisotopic (exact) mass is 312 g/mol. The van der Waals surface area contributed by atoms with Crippen LogP contribution in [0.3, 0.4) is 0 Å². The highest BCUT2D eigenvalue weighted by atomic mass is 127. The Balaban J connectivity index is 2.31. The summed E-state index contributed by atoms with van der Waals surface area (Å²) in [4.78, 5) is 0. The van der Waals surface area contributed by atoms with Crippen molar-refractivity contribution in [2.45, 2.75) is 20.4 Å². The molecule has 0 aliphatic heterocycles. The summed E-state index contributed by atoms with van der Waals surface area (Å²) in [7, 11) is 0. The van der Waals surface area contributed by atoms with E-state index in [4.69, 9.17) is 0 Å². The van der Waals surface area contributed by atoms with Gasteiger partial charge in [-0.15, -0.1) is 0 Å². The van der Waals surface area contributed by atoms with Gasteiger partial charge in [-0.2, -0.15) is 5.10 Å². The van der Waals surface area contributed by atoms with Gasteiger partial charge in [-0.05, 0) is 53.1 Å². The average Bonchev–Trinajstić information content (AvgIpc) is 2.58. The summed E-state index contributed by atoms with van der Waals surface area (Å²) < 4.78 is 3.16. The molecule has 2 rings (SSSR count). The van der Waals surface area contributed by atoms with Gasteiger partial charge in [0, 0.05) is 6.20 Å². The van der Waals surface area contributed by atoms with Gasteiger partial charge < -0.3 is 0 Å². The number of hydrogen-bond acceptors (Lipinski definition) is 1. The SMILES string of the molecule is Cc1cccc(C)c1Cn1cc(I)cn1. The number of rotatable bonds is 2. The first-order valence-electron chi connectivity index (χ1n) is 4.90. The molecule has 0 aliphatic rings. The van der Waals surface area contributed by atoms with E-state index in [1.807, 2.05) is 10.9 Å². The molecule has 3 heteroatoms. The molecule has 1 heterocycles. The van der Waals surface area contributed by atoms with E-state index in [0.29, 0.717) is 0 Å². The van der Waals surface area contributed by atoms with Crippen molar-refractivity contribution in [1.29, 1.82) is 0 Å². The molecule has 0 N–H and O–H groups in total. The third kappa shape index (κ3) is 2.40. The van der Waals surface area contributed by atoms with Gasteiger partial charge in [-0.1, -0.05) is 18.2 Å². The maximum atomic E-state index is 4.30. The summed E-state index contributed by atoms with van der Waals surface area (Å²) in [6.45, 7) is 5.16. The molecule has 0 amide bonds. The Kier molecular flexibility index (Phi) is 3.09. The molecule has 2 nitrogen and oxygen atoms in total. The van der Waals surface area contributed by atoms with E-state index >= 15 is 0 Å². The van der Waals surface area contributed by atoms with Crippen molar-refractivity contribution in [3.8, 4) is 0 Å². The van der Waals surface area contributed by atoms with Crippen LogP contribution in [-0.4, -0.2) is 9.78 Å². The normalized spacial score (nSPS) is 10.6. The van der Waals surface area contributed by atoms with Crippen molar-refractivity contribution in [2.75, 3.05) is 0 Å². The van der Waals surface area contributed by atoms with E-state index in [-0.39, 0.29) is 0 Å². The topological polar surface area (TPSA) is 17.8 Å². The molecule has 1 aromatic heterocycles. The number of halogens is 1. The van der Waals surface area contributed by atoms with Crippen LogP contribution < -0.4 is 0 Å². The van der Waals surface area contributed by atoms with Crippen LogP contribution in [0.1, 0.15) is 16.7 Å². The second kappa shape index (κ2) is 4.35. The van der Waals surface area contributed by atoms with Gasteiger partial charge in [0.2, 0.25) is 0 Å². The minimum Gasteiger partial charge on any atom is -0.267 e. The Hall–Kier alpha value is -0.840. The van der Waals surface area contributed by atoms with Crippen LogP contribution in [0.15, 0.2) is 30.6 Å². The summed E-state index contributed by atoms with van der Waals surface area (Å²) in [5.41, 5.74) is 4.04. The van der Waals surface area contributed by atoms with Gasteiger partial charge in [0.15, 0.2) is 0 Å². The van der Waals surface area contributed by atoms with Gasteiger partial charge in [-0.25, -0.2) is 0 Å². The molecule has 78 valence electrons. The number of aryl methyl sites for hydroxylation is 2. The standard InChI is InChI=1S/C12H13IN2/c1-9-4-3-5-10(2)12(9)8-15-7-11(13)6-14-15/h3-7H,8H2,1-2H3. The van der Waals surface area contributed by atoms with E-state index in [0.717, 1.165) is 6.54 Å². The summed E-state index contributed by atoms with van der Waals surface area (Å²) in [5, 5.41) is 4.30. The Morgan fingerprint density at radius 2 is 1.93 bits per heavy atom. The fourth-order valence-corrected chi connectivity index (χ4v) is 2.13. The minimum atomic E-state index is 0.863. The smallest absolute Gasteiger partial charge is 0.0664 e. The van der Waals surface area contributed by atoms with Gasteiger partial charge in [-0.3, -0.25) is 4.68 Å². The van der Waals surface area contributed by atoms with E-state index in [1.54, 1.807) is 0 Å². The van der Waals surface area contributed by atoms with Crippen molar-refractivity contribution in [2.24, 2.45) is 0 Å². The van der Waals surface area contributed by atoms with Crippen LogP contribution in [0.4, 0.5) is 0 Å². The van der Waals surface area contributed by atoms with Crippen LogP contribution in [0.2, 0.25) is 0 Å². The fraction of sp³-hybridized carbons (Fsp3) is 0.250. The maximum absolute atomic E-state index is 4.30. The molecule has 0 unspecified atom stereocenters. The molecule has 0 aliphatic carbocycles. The predicted molar refractivity (Wildman–Crippen MR) is 70.0 cm³/mol. The van der Waals surface area contributed by atoms with E-state index < -0.39 is 0 Å². The summed E-state index contributed by atoms with van der Waals surface area (Å²) in [5.74, 6) is 0. The molecule has 0 saturated heterocycles. The first kappa shape index (κ1) is 10.7. The van der Waals surface area contributed by atoms with E-state index in [2.05, 4.69) is 65.9 Å².